The fourth-order valence-corrected chi connectivity index (χ4v) is 4.63. The molecule has 2 aromatic rings. The number of rotatable bonds is 2. The number of imide groups is 1. The highest BCUT2D eigenvalue weighted by Crippen LogP contribution is 2.51. The minimum atomic E-state index is -0.250. The van der Waals surface area contributed by atoms with Crippen molar-refractivity contribution in [2.45, 2.75) is 12.1 Å². The largest absolute Gasteiger partial charge is 0.497 e. The van der Waals surface area contributed by atoms with Crippen LogP contribution in [0.2, 0.25) is 0 Å². The Labute approximate surface area is 139 Å². The fourth-order valence-electron chi connectivity index (χ4n) is 4.63. The van der Waals surface area contributed by atoms with E-state index in [9.17, 15) is 9.59 Å². The lowest BCUT2D eigenvalue weighted by Gasteiger charge is -2.17. The van der Waals surface area contributed by atoms with Crippen LogP contribution in [0.3, 0.4) is 0 Å². The van der Waals surface area contributed by atoms with E-state index >= 15 is 0 Å². The standard InChI is InChI=1S/C19H16N2O3/c1-24-11-8-6-10(7-9-11)21-18(22)14-15(19(21)23)17-13-5-3-2-4-12(13)16(14)20-17/h2-9,14-17,20H,1H3/p+1/t14-,15+,16+,17-. The first-order valence-corrected chi connectivity index (χ1v) is 8.16. The molecule has 5 rings (SSSR count). The molecule has 3 aliphatic heterocycles. The second kappa shape index (κ2) is 4.68. The molecule has 0 radical (unpaired) electrons. The Morgan fingerprint density at radius 2 is 1.42 bits per heavy atom. The predicted molar refractivity (Wildman–Crippen MR) is 86.3 cm³/mol. The van der Waals surface area contributed by atoms with Crippen LogP contribution < -0.4 is 15.0 Å². The van der Waals surface area contributed by atoms with E-state index in [1.54, 1.807) is 31.4 Å². The van der Waals surface area contributed by atoms with Crippen LogP contribution in [0, 0.1) is 11.8 Å². The summed E-state index contributed by atoms with van der Waals surface area (Å²) in [4.78, 5) is 27.4. The molecule has 2 bridgehead atoms. The maximum atomic E-state index is 13.0. The molecule has 4 atom stereocenters. The van der Waals surface area contributed by atoms with E-state index in [1.807, 2.05) is 12.1 Å². The van der Waals surface area contributed by atoms with Gasteiger partial charge in [-0.15, -0.1) is 0 Å². The zero-order chi connectivity index (χ0) is 16.4. The lowest BCUT2D eigenvalue weighted by Crippen LogP contribution is -2.81. The molecule has 2 fully saturated rings. The first-order valence-electron chi connectivity index (χ1n) is 8.16. The third kappa shape index (κ3) is 1.57. The summed E-state index contributed by atoms with van der Waals surface area (Å²) in [6.07, 6.45) is 0. The Bertz CT molecular complexity index is 814. The summed E-state index contributed by atoms with van der Waals surface area (Å²) in [5.41, 5.74) is 3.05. The van der Waals surface area contributed by atoms with Gasteiger partial charge in [-0.05, 0) is 24.3 Å². The minimum absolute atomic E-state index is 0.0656. The van der Waals surface area contributed by atoms with E-state index in [0.717, 1.165) is 0 Å². The van der Waals surface area contributed by atoms with Crippen molar-refractivity contribution in [2.75, 3.05) is 12.0 Å². The van der Waals surface area contributed by atoms with Crippen molar-refractivity contribution < 1.29 is 19.6 Å². The van der Waals surface area contributed by atoms with Gasteiger partial charge in [-0.2, -0.15) is 0 Å². The van der Waals surface area contributed by atoms with Gasteiger partial charge in [0.05, 0.1) is 12.8 Å². The molecule has 0 saturated carbocycles. The van der Waals surface area contributed by atoms with Crippen molar-refractivity contribution in [3.8, 4) is 5.75 Å². The molecular formula is C19H17N2O3+. The highest BCUT2D eigenvalue weighted by atomic mass is 16.5. The molecule has 0 aromatic heterocycles. The Kier molecular flexibility index (Phi) is 2.68. The first-order chi connectivity index (χ1) is 11.7. The fraction of sp³-hybridized carbons (Fsp3) is 0.263. The number of nitrogens with zero attached hydrogens (tertiary/aromatic N) is 1. The molecule has 5 nitrogen and oxygen atoms in total. The number of nitrogens with two attached hydrogens (primary N) is 1. The van der Waals surface area contributed by atoms with Gasteiger partial charge in [-0.1, -0.05) is 24.3 Å². The number of anilines is 1. The van der Waals surface area contributed by atoms with E-state index in [-0.39, 0.29) is 35.7 Å². The van der Waals surface area contributed by atoms with Crippen molar-refractivity contribution in [3.05, 3.63) is 59.7 Å². The number of ether oxygens (including phenoxy) is 1. The molecule has 2 amide bonds. The number of carbonyl (C=O) groups excluding carboxylic acids is 2. The van der Waals surface area contributed by atoms with Crippen LogP contribution in [-0.4, -0.2) is 18.9 Å². The van der Waals surface area contributed by atoms with Crippen molar-refractivity contribution in [2.24, 2.45) is 11.8 Å². The second-order valence-corrected chi connectivity index (χ2v) is 6.63. The van der Waals surface area contributed by atoms with Gasteiger partial charge in [0.15, 0.2) is 0 Å². The molecule has 0 unspecified atom stereocenters. The normalized spacial score (nSPS) is 29.8. The van der Waals surface area contributed by atoms with Gasteiger partial charge in [-0.25, -0.2) is 4.90 Å². The molecule has 120 valence electrons. The van der Waals surface area contributed by atoms with Gasteiger partial charge >= 0.3 is 0 Å². The average molecular weight is 321 g/mol. The molecule has 0 aliphatic carbocycles. The van der Waals surface area contributed by atoms with Gasteiger partial charge in [0, 0.05) is 11.1 Å². The molecule has 2 N–H and O–H groups in total. The van der Waals surface area contributed by atoms with Crippen LogP contribution in [0.5, 0.6) is 5.75 Å². The van der Waals surface area contributed by atoms with Crippen LogP contribution in [0.4, 0.5) is 5.69 Å². The molecule has 3 aliphatic rings. The average Bonchev–Trinajstić information content (AvgIpc) is 3.26. The Balaban J connectivity index is 1.55. The molecular weight excluding hydrogens is 304 g/mol. The van der Waals surface area contributed by atoms with E-state index in [0.29, 0.717) is 11.4 Å². The van der Waals surface area contributed by atoms with Crippen molar-refractivity contribution in [1.82, 2.24) is 0 Å². The van der Waals surface area contributed by atoms with Gasteiger partial charge < -0.3 is 10.1 Å². The summed E-state index contributed by atoms with van der Waals surface area (Å²) in [6.45, 7) is 0. The number of hydrogen-bond donors (Lipinski definition) is 1. The van der Waals surface area contributed by atoms with E-state index in [4.69, 9.17) is 4.74 Å². The zero-order valence-electron chi connectivity index (χ0n) is 13.2. The number of fused-ring (bicyclic) bond motifs is 8. The summed E-state index contributed by atoms with van der Waals surface area (Å²) >= 11 is 0. The van der Waals surface area contributed by atoms with Crippen LogP contribution in [-0.2, 0) is 9.59 Å². The lowest BCUT2D eigenvalue weighted by molar-refractivity contribution is -0.707. The number of hydrogen-bond acceptors (Lipinski definition) is 3. The van der Waals surface area contributed by atoms with Crippen molar-refractivity contribution in [1.29, 1.82) is 0 Å². The molecule has 5 heteroatoms. The highest BCUT2D eigenvalue weighted by Gasteiger charge is 2.66. The molecule has 2 aromatic carbocycles. The van der Waals surface area contributed by atoms with Crippen molar-refractivity contribution >= 4 is 17.5 Å². The Hall–Kier alpha value is -2.66. The molecule has 0 spiro atoms. The topological polar surface area (TPSA) is 63.2 Å². The summed E-state index contributed by atoms with van der Waals surface area (Å²) in [5, 5.41) is 2.20. The third-order valence-electron chi connectivity index (χ3n) is 5.63. The molecule has 2 saturated heterocycles. The number of quaternary nitrogens is 1. The zero-order valence-corrected chi connectivity index (χ0v) is 13.2. The predicted octanol–water partition coefficient (Wildman–Crippen LogP) is 1.17. The number of carbonyl (C=O) groups is 2. The number of methoxy groups -OCH3 is 1. The Morgan fingerprint density at radius 3 is 1.92 bits per heavy atom. The van der Waals surface area contributed by atoms with Gasteiger partial charge in [0.1, 0.15) is 29.7 Å². The van der Waals surface area contributed by atoms with E-state index in [2.05, 4.69) is 17.4 Å². The van der Waals surface area contributed by atoms with Crippen LogP contribution in [0.25, 0.3) is 0 Å². The maximum absolute atomic E-state index is 13.0. The smallest absolute Gasteiger partial charge is 0.244 e. The minimum Gasteiger partial charge on any atom is -0.497 e. The third-order valence-corrected chi connectivity index (χ3v) is 5.63. The summed E-state index contributed by atoms with van der Waals surface area (Å²) < 4.78 is 5.15. The number of benzene rings is 2. The summed E-state index contributed by atoms with van der Waals surface area (Å²) in [6, 6.07) is 15.4. The number of amides is 2. The summed E-state index contributed by atoms with van der Waals surface area (Å²) in [7, 11) is 1.59. The lowest BCUT2D eigenvalue weighted by atomic mass is 9.77. The van der Waals surface area contributed by atoms with E-state index in [1.165, 1.54) is 16.0 Å². The van der Waals surface area contributed by atoms with Crippen LogP contribution >= 0.6 is 0 Å². The quantitative estimate of drug-likeness (QED) is 0.845. The van der Waals surface area contributed by atoms with E-state index < -0.39 is 0 Å². The van der Waals surface area contributed by atoms with Gasteiger partial charge in [-0.3, -0.25) is 9.59 Å². The summed E-state index contributed by atoms with van der Waals surface area (Å²) in [5.74, 6) is 0.0553. The Morgan fingerprint density at radius 1 is 0.875 bits per heavy atom. The van der Waals surface area contributed by atoms with Gasteiger partial charge in [0.25, 0.3) is 0 Å². The SMILES string of the molecule is COc1ccc(N2C(=O)[C@@H]3[C@H](C2=O)[C@@H]2[NH2+][C@H]3c3ccccc32)cc1. The van der Waals surface area contributed by atoms with Crippen molar-refractivity contribution in [3.63, 3.8) is 0 Å². The van der Waals surface area contributed by atoms with Crippen LogP contribution in [0.15, 0.2) is 48.5 Å². The molecule has 3 heterocycles. The monoisotopic (exact) mass is 321 g/mol. The van der Waals surface area contributed by atoms with Crippen LogP contribution in [0.1, 0.15) is 23.2 Å². The first kappa shape index (κ1) is 13.7. The highest BCUT2D eigenvalue weighted by molar-refractivity contribution is 6.22. The maximum Gasteiger partial charge on any atom is 0.244 e. The second-order valence-electron chi connectivity index (χ2n) is 6.63. The van der Waals surface area contributed by atoms with Gasteiger partial charge in [0.2, 0.25) is 11.8 Å². The molecule has 24 heavy (non-hydrogen) atoms.